The molecule has 19 heavy (non-hydrogen) atoms. The smallest absolute Gasteiger partial charge is 0.143 e. The average Bonchev–Trinajstić information content (AvgIpc) is 3.03. The van der Waals surface area contributed by atoms with Gasteiger partial charge in [0.05, 0.1) is 11.9 Å². The fraction of sp³-hybridized carbons (Fsp3) is 0.231. The fourth-order valence-electron chi connectivity index (χ4n) is 1.96. The summed E-state index contributed by atoms with van der Waals surface area (Å²) >= 11 is 0. The number of aromatic nitrogens is 3. The first-order chi connectivity index (χ1) is 9.26. The van der Waals surface area contributed by atoms with E-state index in [-0.39, 0.29) is 6.61 Å². The Morgan fingerprint density at radius 1 is 1.26 bits per heavy atom. The molecule has 3 N–H and O–H groups in total. The van der Waals surface area contributed by atoms with Crippen molar-refractivity contribution in [2.75, 3.05) is 5.32 Å². The SMILES string of the molecule is Cc1nc(NCc2ccc(CO)o2)c2cc[nH]c2n1. The van der Waals surface area contributed by atoms with E-state index >= 15 is 0 Å². The van der Waals surface area contributed by atoms with Crippen molar-refractivity contribution in [3.63, 3.8) is 0 Å². The highest BCUT2D eigenvalue weighted by atomic mass is 16.4. The van der Waals surface area contributed by atoms with Gasteiger partial charge in [0.2, 0.25) is 0 Å². The van der Waals surface area contributed by atoms with Gasteiger partial charge in [0.15, 0.2) is 0 Å². The molecule has 6 heteroatoms. The molecule has 0 radical (unpaired) electrons. The number of fused-ring (bicyclic) bond motifs is 1. The topological polar surface area (TPSA) is 87.0 Å². The van der Waals surface area contributed by atoms with Crippen LogP contribution in [0.5, 0.6) is 0 Å². The zero-order valence-electron chi connectivity index (χ0n) is 10.5. The molecule has 0 aliphatic heterocycles. The minimum atomic E-state index is -0.0886. The van der Waals surface area contributed by atoms with Gasteiger partial charge in [-0.1, -0.05) is 0 Å². The highest BCUT2D eigenvalue weighted by Gasteiger charge is 2.07. The van der Waals surface area contributed by atoms with E-state index in [4.69, 9.17) is 9.52 Å². The van der Waals surface area contributed by atoms with E-state index in [9.17, 15) is 0 Å². The minimum absolute atomic E-state index is 0.0886. The van der Waals surface area contributed by atoms with Crippen LogP contribution in [0.3, 0.4) is 0 Å². The summed E-state index contributed by atoms with van der Waals surface area (Å²) in [5, 5.41) is 13.1. The molecule has 0 saturated carbocycles. The Kier molecular flexibility index (Phi) is 2.92. The highest BCUT2D eigenvalue weighted by molar-refractivity contribution is 5.86. The molecule has 0 fully saturated rings. The maximum atomic E-state index is 8.95. The predicted molar refractivity (Wildman–Crippen MR) is 70.6 cm³/mol. The van der Waals surface area contributed by atoms with Crippen LogP contribution in [0.25, 0.3) is 11.0 Å². The van der Waals surface area contributed by atoms with Gasteiger partial charge in [-0.3, -0.25) is 0 Å². The number of hydrogen-bond donors (Lipinski definition) is 3. The highest BCUT2D eigenvalue weighted by Crippen LogP contribution is 2.20. The van der Waals surface area contributed by atoms with Crippen molar-refractivity contribution in [1.29, 1.82) is 0 Å². The lowest BCUT2D eigenvalue weighted by Crippen LogP contribution is -2.03. The number of rotatable bonds is 4. The maximum Gasteiger partial charge on any atom is 0.143 e. The van der Waals surface area contributed by atoms with E-state index in [2.05, 4.69) is 20.3 Å². The normalized spacial score (nSPS) is 11.1. The molecule has 0 amide bonds. The third kappa shape index (κ3) is 2.30. The van der Waals surface area contributed by atoms with E-state index in [0.29, 0.717) is 18.1 Å². The number of aliphatic hydroxyl groups is 1. The molecule has 0 aromatic carbocycles. The second kappa shape index (κ2) is 4.74. The predicted octanol–water partition coefficient (Wildman–Crippen LogP) is 1.96. The first-order valence-electron chi connectivity index (χ1n) is 6.00. The molecule has 0 unspecified atom stereocenters. The number of H-pyrrole nitrogens is 1. The molecule has 0 atom stereocenters. The van der Waals surface area contributed by atoms with Crippen LogP contribution < -0.4 is 5.32 Å². The summed E-state index contributed by atoms with van der Waals surface area (Å²) in [6.45, 7) is 2.27. The summed E-state index contributed by atoms with van der Waals surface area (Å²) in [6, 6.07) is 5.52. The number of hydrogen-bond acceptors (Lipinski definition) is 5. The van der Waals surface area contributed by atoms with E-state index in [1.54, 1.807) is 6.07 Å². The Labute approximate surface area is 109 Å². The largest absolute Gasteiger partial charge is 0.462 e. The molecule has 0 aliphatic carbocycles. The molecule has 0 aliphatic rings. The molecule has 0 saturated heterocycles. The molecule has 3 aromatic rings. The Morgan fingerprint density at radius 2 is 2.11 bits per heavy atom. The van der Waals surface area contributed by atoms with Crippen molar-refractivity contribution in [2.24, 2.45) is 0 Å². The number of furan rings is 1. The van der Waals surface area contributed by atoms with Crippen LogP contribution in [0.2, 0.25) is 0 Å². The summed E-state index contributed by atoms with van der Waals surface area (Å²) in [4.78, 5) is 11.8. The molecule has 0 bridgehead atoms. The van der Waals surface area contributed by atoms with E-state index < -0.39 is 0 Å². The van der Waals surface area contributed by atoms with Crippen molar-refractivity contribution in [1.82, 2.24) is 15.0 Å². The third-order valence-electron chi connectivity index (χ3n) is 2.83. The van der Waals surface area contributed by atoms with Gasteiger partial charge in [-0.05, 0) is 25.1 Å². The van der Waals surface area contributed by atoms with Gasteiger partial charge in [0.25, 0.3) is 0 Å². The van der Waals surface area contributed by atoms with Gasteiger partial charge in [0.1, 0.15) is 35.4 Å². The van der Waals surface area contributed by atoms with Crippen molar-refractivity contribution in [3.8, 4) is 0 Å². The lowest BCUT2D eigenvalue weighted by molar-refractivity contribution is 0.244. The van der Waals surface area contributed by atoms with Gasteiger partial charge in [-0.15, -0.1) is 0 Å². The Balaban J connectivity index is 1.83. The Hall–Kier alpha value is -2.34. The number of nitrogens with one attached hydrogen (secondary N) is 2. The van der Waals surface area contributed by atoms with Gasteiger partial charge in [0, 0.05) is 6.20 Å². The van der Waals surface area contributed by atoms with Crippen LogP contribution in [0.15, 0.2) is 28.8 Å². The van der Waals surface area contributed by atoms with Crippen molar-refractivity contribution < 1.29 is 9.52 Å². The second-order valence-electron chi connectivity index (χ2n) is 4.24. The van der Waals surface area contributed by atoms with E-state index in [1.165, 1.54) is 0 Å². The molecule has 6 nitrogen and oxygen atoms in total. The van der Waals surface area contributed by atoms with Crippen molar-refractivity contribution in [3.05, 3.63) is 41.7 Å². The lowest BCUT2D eigenvalue weighted by Gasteiger charge is -2.05. The van der Waals surface area contributed by atoms with Crippen LogP contribution >= 0.6 is 0 Å². The molecule has 3 rings (SSSR count). The first kappa shape index (κ1) is 11.7. The standard InChI is InChI=1S/C13H14N4O2/c1-8-16-12-11(4-5-14-12)13(17-8)15-6-9-2-3-10(7-18)19-9/h2-5,18H,6-7H2,1H3,(H2,14,15,16,17). The van der Waals surface area contributed by atoms with Gasteiger partial charge >= 0.3 is 0 Å². The van der Waals surface area contributed by atoms with Crippen LogP contribution in [0.1, 0.15) is 17.3 Å². The molecule has 0 spiro atoms. The summed E-state index contributed by atoms with van der Waals surface area (Å²) in [7, 11) is 0. The fourth-order valence-corrected chi connectivity index (χ4v) is 1.96. The third-order valence-corrected chi connectivity index (χ3v) is 2.83. The molecular weight excluding hydrogens is 244 g/mol. The average molecular weight is 258 g/mol. The molecular formula is C13H14N4O2. The number of nitrogens with zero attached hydrogens (tertiary/aromatic N) is 2. The van der Waals surface area contributed by atoms with Crippen LogP contribution in [-0.4, -0.2) is 20.1 Å². The summed E-state index contributed by atoms with van der Waals surface area (Å²) < 4.78 is 5.41. The Morgan fingerprint density at radius 3 is 2.89 bits per heavy atom. The van der Waals surface area contributed by atoms with Gasteiger partial charge in [-0.2, -0.15) is 0 Å². The number of aromatic amines is 1. The van der Waals surface area contributed by atoms with Crippen molar-refractivity contribution >= 4 is 16.9 Å². The first-order valence-corrected chi connectivity index (χ1v) is 6.00. The van der Waals surface area contributed by atoms with Gasteiger partial charge in [-0.25, -0.2) is 9.97 Å². The minimum Gasteiger partial charge on any atom is -0.462 e. The Bertz CT molecular complexity index is 702. The lowest BCUT2D eigenvalue weighted by atomic mass is 10.3. The van der Waals surface area contributed by atoms with E-state index in [1.807, 2.05) is 25.3 Å². The maximum absolute atomic E-state index is 8.95. The number of aryl methyl sites for hydroxylation is 1. The molecule has 3 aromatic heterocycles. The summed E-state index contributed by atoms with van der Waals surface area (Å²) in [6.07, 6.45) is 1.83. The van der Waals surface area contributed by atoms with E-state index in [0.717, 1.165) is 22.6 Å². The monoisotopic (exact) mass is 258 g/mol. The second-order valence-corrected chi connectivity index (χ2v) is 4.24. The van der Waals surface area contributed by atoms with Crippen molar-refractivity contribution in [2.45, 2.75) is 20.1 Å². The number of aliphatic hydroxyl groups excluding tert-OH is 1. The molecule has 3 heterocycles. The zero-order valence-corrected chi connectivity index (χ0v) is 10.5. The quantitative estimate of drug-likeness (QED) is 0.666. The van der Waals surface area contributed by atoms with Crippen LogP contribution in [0.4, 0.5) is 5.82 Å². The summed E-state index contributed by atoms with van der Waals surface area (Å²) in [5.41, 5.74) is 0.811. The molecule has 98 valence electrons. The number of anilines is 1. The van der Waals surface area contributed by atoms with Crippen LogP contribution in [-0.2, 0) is 13.2 Å². The summed E-state index contributed by atoms with van der Waals surface area (Å²) in [5.74, 6) is 2.78. The van der Waals surface area contributed by atoms with Crippen LogP contribution in [0, 0.1) is 6.92 Å². The van der Waals surface area contributed by atoms with Gasteiger partial charge < -0.3 is 19.8 Å². The zero-order chi connectivity index (χ0) is 13.2.